The normalized spacial score (nSPS) is 9.67. The van der Waals surface area contributed by atoms with Crippen molar-refractivity contribution in [1.29, 1.82) is 0 Å². The van der Waals surface area contributed by atoms with Crippen LogP contribution in [0, 0.1) is 5.92 Å². The van der Waals surface area contributed by atoms with Crippen molar-refractivity contribution in [3.8, 4) is 0 Å². The molecule has 0 aromatic heterocycles. The van der Waals surface area contributed by atoms with Gasteiger partial charge in [-0.1, -0.05) is 13.8 Å². The van der Waals surface area contributed by atoms with Crippen molar-refractivity contribution < 1.29 is 14.0 Å². The highest BCUT2D eigenvalue weighted by molar-refractivity contribution is 5.94. The van der Waals surface area contributed by atoms with E-state index in [1.54, 1.807) is 0 Å². The maximum absolute atomic E-state index is 11.6. The third kappa shape index (κ3) is 5.64. The summed E-state index contributed by atoms with van der Waals surface area (Å²) in [6.07, 6.45) is 0. The molecule has 0 aliphatic carbocycles. The van der Waals surface area contributed by atoms with Gasteiger partial charge in [0.25, 0.3) is 5.91 Å². The van der Waals surface area contributed by atoms with E-state index in [4.69, 9.17) is 0 Å². The lowest BCUT2D eigenvalue weighted by molar-refractivity contribution is -0.120. The standard InChI is InChI=1S/C7H13FN2O2/c1-5(2)4-9-7(12)10-6(11)3-8/h5H,3-4H2,1-2H3,(H2,9,10,11,12). The van der Waals surface area contributed by atoms with E-state index in [2.05, 4.69) is 5.32 Å². The number of nitrogens with one attached hydrogen (secondary N) is 2. The fourth-order valence-electron chi connectivity index (χ4n) is 0.501. The Morgan fingerprint density at radius 3 is 2.42 bits per heavy atom. The molecule has 0 radical (unpaired) electrons. The number of hydrogen-bond acceptors (Lipinski definition) is 2. The van der Waals surface area contributed by atoms with Gasteiger partial charge in [0.1, 0.15) is 0 Å². The van der Waals surface area contributed by atoms with Gasteiger partial charge in [-0.25, -0.2) is 9.18 Å². The summed E-state index contributed by atoms with van der Waals surface area (Å²) in [5.41, 5.74) is 0. The number of urea groups is 1. The second-order valence-corrected chi connectivity index (χ2v) is 2.79. The highest BCUT2D eigenvalue weighted by Crippen LogP contribution is 1.86. The lowest BCUT2D eigenvalue weighted by atomic mass is 10.2. The van der Waals surface area contributed by atoms with E-state index in [0.29, 0.717) is 12.5 Å². The molecular formula is C7H13FN2O2. The smallest absolute Gasteiger partial charge is 0.321 e. The molecule has 12 heavy (non-hydrogen) atoms. The molecule has 2 N–H and O–H groups in total. The minimum Gasteiger partial charge on any atom is -0.338 e. The monoisotopic (exact) mass is 176 g/mol. The molecule has 3 amide bonds. The summed E-state index contributed by atoms with van der Waals surface area (Å²) in [5, 5.41) is 4.23. The Morgan fingerprint density at radius 2 is 2.00 bits per heavy atom. The minimum absolute atomic E-state index is 0.302. The lowest BCUT2D eigenvalue weighted by Crippen LogP contribution is -2.41. The molecule has 5 heteroatoms. The van der Waals surface area contributed by atoms with Crippen molar-refractivity contribution >= 4 is 11.9 Å². The summed E-state index contributed by atoms with van der Waals surface area (Å²) in [5.74, 6) is -0.618. The van der Waals surface area contributed by atoms with Crippen molar-refractivity contribution in [1.82, 2.24) is 10.6 Å². The zero-order valence-electron chi connectivity index (χ0n) is 7.19. The highest BCUT2D eigenvalue weighted by Gasteiger charge is 2.05. The molecular weight excluding hydrogens is 163 g/mol. The van der Waals surface area contributed by atoms with Gasteiger partial charge in [-0.3, -0.25) is 10.1 Å². The molecule has 0 heterocycles. The van der Waals surface area contributed by atoms with E-state index in [1.165, 1.54) is 0 Å². The zero-order chi connectivity index (χ0) is 9.56. The predicted molar refractivity (Wildman–Crippen MR) is 42.4 cm³/mol. The van der Waals surface area contributed by atoms with Crippen LogP contribution >= 0.6 is 0 Å². The number of halogens is 1. The second-order valence-electron chi connectivity index (χ2n) is 2.79. The summed E-state index contributed by atoms with van der Waals surface area (Å²) in [6.45, 7) is 3.12. The van der Waals surface area contributed by atoms with Gasteiger partial charge < -0.3 is 5.32 Å². The Labute approximate surface area is 70.5 Å². The lowest BCUT2D eigenvalue weighted by Gasteiger charge is -2.06. The number of hydrogen-bond donors (Lipinski definition) is 2. The molecule has 0 unspecified atom stereocenters. The maximum atomic E-state index is 11.6. The van der Waals surface area contributed by atoms with Crippen LogP contribution in [0.3, 0.4) is 0 Å². The molecule has 0 aliphatic rings. The molecule has 0 saturated carbocycles. The van der Waals surface area contributed by atoms with Crippen LogP contribution in [0.25, 0.3) is 0 Å². The molecule has 0 bridgehead atoms. The van der Waals surface area contributed by atoms with E-state index in [9.17, 15) is 14.0 Å². The van der Waals surface area contributed by atoms with E-state index in [-0.39, 0.29) is 0 Å². The van der Waals surface area contributed by atoms with Crippen LogP contribution < -0.4 is 10.6 Å². The van der Waals surface area contributed by atoms with Gasteiger partial charge in [-0.05, 0) is 5.92 Å². The molecule has 0 saturated heterocycles. The van der Waals surface area contributed by atoms with Crippen LogP contribution in [0.2, 0.25) is 0 Å². The molecule has 0 rings (SSSR count). The minimum atomic E-state index is -1.17. The third-order valence-electron chi connectivity index (χ3n) is 1.05. The van der Waals surface area contributed by atoms with Crippen LogP contribution in [0.15, 0.2) is 0 Å². The van der Waals surface area contributed by atoms with Gasteiger partial charge in [-0.2, -0.15) is 0 Å². The highest BCUT2D eigenvalue weighted by atomic mass is 19.1. The molecule has 0 aromatic rings. The Balaban J connectivity index is 3.53. The van der Waals surface area contributed by atoms with Crippen molar-refractivity contribution in [3.63, 3.8) is 0 Å². The molecule has 0 spiro atoms. The SMILES string of the molecule is CC(C)CNC(=O)NC(=O)CF. The van der Waals surface area contributed by atoms with Crippen LogP contribution in [0.1, 0.15) is 13.8 Å². The molecule has 4 nitrogen and oxygen atoms in total. The Bertz CT molecular complexity index is 171. The van der Waals surface area contributed by atoms with Crippen molar-refractivity contribution in [2.24, 2.45) is 5.92 Å². The van der Waals surface area contributed by atoms with Gasteiger partial charge in [0, 0.05) is 6.54 Å². The largest absolute Gasteiger partial charge is 0.338 e. The summed E-state index contributed by atoms with van der Waals surface area (Å²) >= 11 is 0. The van der Waals surface area contributed by atoms with Crippen LogP contribution in [-0.2, 0) is 4.79 Å². The summed E-state index contributed by atoms with van der Waals surface area (Å²) in [6, 6.07) is -0.647. The van der Waals surface area contributed by atoms with Crippen LogP contribution in [0.5, 0.6) is 0 Å². The van der Waals surface area contributed by atoms with Crippen LogP contribution in [0.4, 0.5) is 9.18 Å². The van der Waals surface area contributed by atoms with Crippen LogP contribution in [-0.4, -0.2) is 25.2 Å². The first kappa shape index (κ1) is 10.9. The fourth-order valence-corrected chi connectivity index (χ4v) is 0.501. The van der Waals surface area contributed by atoms with E-state index >= 15 is 0 Å². The van der Waals surface area contributed by atoms with Gasteiger partial charge in [0.05, 0.1) is 0 Å². The average molecular weight is 176 g/mol. The van der Waals surface area contributed by atoms with Gasteiger partial charge in [-0.15, -0.1) is 0 Å². The molecule has 0 fully saturated rings. The number of carbonyl (C=O) groups is 2. The van der Waals surface area contributed by atoms with Crippen molar-refractivity contribution in [2.45, 2.75) is 13.8 Å². The number of rotatable bonds is 3. The quantitative estimate of drug-likeness (QED) is 0.655. The first-order valence-electron chi connectivity index (χ1n) is 3.70. The number of carbonyl (C=O) groups excluding carboxylic acids is 2. The van der Waals surface area contributed by atoms with Gasteiger partial charge in [0.15, 0.2) is 6.67 Å². The maximum Gasteiger partial charge on any atom is 0.321 e. The number of amides is 3. The van der Waals surface area contributed by atoms with E-state index in [0.717, 1.165) is 0 Å². The number of alkyl halides is 1. The van der Waals surface area contributed by atoms with E-state index in [1.807, 2.05) is 19.2 Å². The zero-order valence-corrected chi connectivity index (χ0v) is 7.19. The van der Waals surface area contributed by atoms with Crippen molar-refractivity contribution in [2.75, 3.05) is 13.2 Å². The molecule has 0 aromatic carbocycles. The van der Waals surface area contributed by atoms with Crippen molar-refractivity contribution in [3.05, 3.63) is 0 Å². The molecule has 70 valence electrons. The first-order valence-corrected chi connectivity index (χ1v) is 3.70. The Kier molecular flexibility index (Phi) is 4.99. The summed E-state index contributed by atoms with van der Waals surface area (Å²) in [7, 11) is 0. The summed E-state index contributed by atoms with van der Waals surface area (Å²) in [4.78, 5) is 21.0. The fraction of sp³-hybridized carbons (Fsp3) is 0.714. The van der Waals surface area contributed by atoms with E-state index < -0.39 is 18.6 Å². The predicted octanol–water partition coefficient (Wildman–Crippen LogP) is 0.438. The van der Waals surface area contributed by atoms with Gasteiger partial charge >= 0.3 is 6.03 Å². The second kappa shape index (κ2) is 5.51. The molecule has 0 aliphatic heterocycles. The Morgan fingerprint density at radius 1 is 1.42 bits per heavy atom. The first-order chi connectivity index (χ1) is 5.56. The Hall–Kier alpha value is -1.13. The molecule has 0 atom stereocenters. The summed E-state index contributed by atoms with van der Waals surface area (Å²) < 4.78 is 11.6. The number of imide groups is 1. The van der Waals surface area contributed by atoms with Gasteiger partial charge in [0.2, 0.25) is 0 Å². The third-order valence-corrected chi connectivity index (χ3v) is 1.05. The average Bonchev–Trinajstić information content (AvgIpc) is 2.00. The topological polar surface area (TPSA) is 58.2 Å².